The normalized spacial score (nSPS) is 12.8. The van der Waals surface area contributed by atoms with Gasteiger partial charge in [-0.3, -0.25) is 4.57 Å². The number of benzene rings is 3. The van der Waals surface area contributed by atoms with Crippen molar-refractivity contribution in [2.75, 3.05) is 0 Å². The highest BCUT2D eigenvalue weighted by Crippen LogP contribution is 2.60. The van der Waals surface area contributed by atoms with Crippen LogP contribution < -0.4 is 0 Å². The van der Waals surface area contributed by atoms with E-state index in [-0.39, 0.29) is 4.47 Å². The zero-order valence-corrected chi connectivity index (χ0v) is 15.8. The summed E-state index contributed by atoms with van der Waals surface area (Å²) in [5.41, 5.74) is -3.22. The molecule has 134 valence electrons. The second-order valence-electron chi connectivity index (χ2n) is 5.77. The Kier molecular flexibility index (Phi) is 5.13. The Morgan fingerprint density at radius 3 is 2.19 bits per heavy atom. The minimum Gasteiger partial charge on any atom is -0.320 e. The van der Waals surface area contributed by atoms with E-state index in [1.807, 2.05) is 48.6 Å². The van der Waals surface area contributed by atoms with Crippen LogP contribution in [0, 0.1) is 0 Å². The largest absolute Gasteiger partial charge is 0.399 e. The monoisotopic (exact) mass is 438 g/mol. The Bertz CT molecular complexity index is 1030. The number of hydrogen-bond donors (Lipinski definition) is 2. The molecule has 0 bridgehead atoms. The van der Waals surface area contributed by atoms with E-state index in [4.69, 9.17) is 9.79 Å². The van der Waals surface area contributed by atoms with Crippen molar-refractivity contribution in [1.82, 2.24) is 0 Å². The van der Waals surface area contributed by atoms with E-state index in [2.05, 4.69) is 15.9 Å². The highest BCUT2D eigenvalue weighted by molar-refractivity contribution is 9.10. The number of halogens is 3. The first-order valence-electron chi connectivity index (χ1n) is 7.59. The van der Waals surface area contributed by atoms with Crippen LogP contribution in [0.4, 0.5) is 8.78 Å². The molecule has 0 saturated heterocycles. The lowest BCUT2D eigenvalue weighted by Gasteiger charge is -2.20. The average Bonchev–Trinajstić information content (AvgIpc) is 2.59. The van der Waals surface area contributed by atoms with Crippen molar-refractivity contribution in [3.63, 3.8) is 0 Å². The first-order valence-corrected chi connectivity index (χ1v) is 9.99. The van der Waals surface area contributed by atoms with E-state index < -0.39 is 18.8 Å². The van der Waals surface area contributed by atoms with Crippen LogP contribution in [0.5, 0.6) is 0 Å². The predicted molar refractivity (Wildman–Crippen MR) is 103 cm³/mol. The van der Waals surface area contributed by atoms with Gasteiger partial charge in [-0.1, -0.05) is 70.5 Å². The standard InChI is InChI=1S/C19H14BrF2O3P/c20-18-12-15-9-8-14(7-6-13-4-2-1-3-5-13)10-16(15)11-17(18)19(21,22)26(23,24)25/h1-12H,(H2,23,24,25). The molecule has 0 aliphatic heterocycles. The van der Waals surface area contributed by atoms with Crippen LogP contribution in [0.1, 0.15) is 16.7 Å². The maximum absolute atomic E-state index is 14.1. The van der Waals surface area contributed by atoms with E-state index in [1.54, 1.807) is 12.1 Å². The van der Waals surface area contributed by atoms with Gasteiger partial charge < -0.3 is 9.79 Å². The summed E-state index contributed by atoms with van der Waals surface area (Å²) in [7, 11) is -5.64. The summed E-state index contributed by atoms with van der Waals surface area (Å²) >= 11 is 2.99. The van der Waals surface area contributed by atoms with Crippen molar-refractivity contribution in [2.45, 2.75) is 5.66 Å². The van der Waals surface area contributed by atoms with Crippen LogP contribution >= 0.6 is 23.5 Å². The van der Waals surface area contributed by atoms with Gasteiger partial charge >= 0.3 is 13.3 Å². The summed E-state index contributed by atoms with van der Waals surface area (Å²) in [4.78, 5) is 18.0. The van der Waals surface area contributed by atoms with Crippen molar-refractivity contribution in [3.05, 3.63) is 81.8 Å². The van der Waals surface area contributed by atoms with Gasteiger partial charge in [-0.25, -0.2) is 0 Å². The summed E-state index contributed by atoms with van der Waals surface area (Å²) in [6.07, 6.45) is 3.74. The maximum Gasteiger partial charge on any atom is 0.399 e. The molecule has 0 atom stereocenters. The summed E-state index contributed by atoms with van der Waals surface area (Å²) in [6.45, 7) is 0. The molecule has 3 aromatic rings. The Morgan fingerprint density at radius 2 is 1.54 bits per heavy atom. The van der Waals surface area contributed by atoms with Crippen LogP contribution in [0.15, 0.2) is 65.1 Å². The molecule has 3 rings (SSSR count). The van der Waals surface area contributed by atoms with Crippen molar-refractivity contribution in [2.24, 2.45) is 0 Å². The molecule has 3 aromatic carbocycles. The van der Waals surface area contributed by atoms with E-state index in [0.717, 1.165) is 17.2 Å². The lowest BCUT2D eigenvalue weighted by molar-refractivity contribution is 0.0559. The van der Waals surface area contributed by atoms with Crippen molar-refractivity contribution < 1.29 is 23.1 Å². The van der Waals surface area contributed by atoms with Gasteiger partial charge in [-0.05, 0) is 40.1 Å². The van der Waals surface area contributed by atoms with Gasteiger partial charge in [0.2, 0.25) is 0 Å². The molecular formula is C19H14BrF2O3P. The second kappa shape index (κ2) is 7.05. The van der Waals surface area contributed by atoms with Gasteiger partial charge in [0, 0.05) is 10.0 Å². The molecule has 26 heavy (non-hydrogen) atoms. The quantitative estimate of drug-likeness (QED) is 0.387. The summed E-state index contributed by atoms with van der Waals surface area (Å²) in [5.74, 6) is 0. The minimum absolute atomic E-state index is 0.0501. The number of rotatable bonds is 4. The highest BCUT2D eigenvalue weighted by atomic mass is 79.9. The first kappa shape index (κ1) is 18.9. The van der Waals surface area contributed by atoms with Crippen LogP contribution in [-0.4, -0.2) is 9.79 Å². The third-order valence-electron chi connectivity index (χ3n) is 3.91. The Balaban J connectivity index is 2.05. The van der Waals surface area contributed by atoms with Crippen LogP contribution in [0.3, 0.4) is 0 Å². The fraction of sp³-hybridized carbons (Fsp3) is 0.0526. The fourth-order valence-corrected chi connectivity index (χ4v) is 3.80. The molecule has 2 N–H and O–H groups in total. The van der Waals surface area contributed by atoms with Gasteiger partial charge in [-0.2, -0.15) is 8.78 Å². The third-order valence-corrected chi connectivity index (χ3v) is 5.54. The predicted octanol–water partition coefficient (Wildman–Crippen LogP) is 6.00. The number of hydrogen-bond acceptors (Lipinski definition) is 1. The third kappa shape index (κ3) is 3.79. The molecule has 0 aliphatic carbocycles. The molecule has 0 unspecified atom stereocenters. The fourth-order valence-electron chi connectivity index (χ4n) is 2.54. The van der Waals surface area contributed by atoms with Crippen LogP contribution in [0.25, 0.3) is 22.9 Å². The Labute approximate surface area is 157 Å². The maximum atomic E-state index is 14.1. The van der Waals surface area contributed by atoms with Crippen molar-refractivity contribution >= 4 is 46.5 Å². The molecule has 3 nitrogen and oxygen atoms in total. The molecule has 0 saturated carbocycles. The van der Waals surface area contributed by atoms with Gasteiger partial charge in [-0.15, -0.1) is 0 Å². The Morgan fingerprint density at radius 1 is 0.885 bits per heavy atom. The van der Waals surface area contributed by atoms with Crippen molar-refractivity contribution in [1.29, 1.82) is 0 Å². The molecule has 0 radical (unpaired) electrons. The molecule has 0 fully saturated rings. The highest BCUT2D eigenvalue weighted by Gasteiger charge is 2.51. The summed E-state index contributed by atoms with van der Waals surface area (Å²) in [5, 5.41) is 1.14. The van der Waals surface area contributed by atoms with Gasteiger partial charge in [0.25, 0.3) is 0 Å². The smallest absolute Gasteiger partial charge is 0.320 e. The molecule has 7 heteroatoms. The number of fused-ring (bicyclic) bond motifs is 1. The summed E-state index contributed by atoms with van der Waals surface area (Å²) < 4.78 is 39.4. The van der Waals surface area contributed by atoms with Gasteiger partial charge in [0.15, 0.2) is 0 Å². The van der Waals surface area contributed by atoms with E-state index in [0.29, 0.717) is 10.8 Å². The molecule has 0 amide bonds. The Hall–Kier alpha value is -1.85. The SMILES string of the molecule is O=P(O)(O)C(F)(F)c1cc2cc(C=Cc3ccccc3)ccc2cc1Br. The zero-order chi connectivity index (χ0) is 18.9. The summed E-state index contributed by atoms with van der Waals surface area (Å²) in [6, 6.07) is 17.5. The molecule has 0 heterocycles. The molecule has 0 spiro atoms. The van der Waals surface area contributed by atoms with E-state index >= 15 is 0 Å². The minimum atomic E-state index is -5.64. The average molecular weight is 439 g/mol. The lowest BCUT2D eigenvalue weighted by Crippen LogP contribution is -2.14. The second-order valence-corrected chi connectivity index (χ2v) is 8.27. The lowest BCUT2D eigenvalue weighted by atomic mass is 10.0. The number of alkyl halides is 2. The van der Waals surface area contributed by atoms with E-state index in [1.165, 1.54) is 6.07 Å². The topological polar surface area (TPSA) is 57.5 Å². The first-order chi connectivity index (χ1) is 12.2. The molecule has 0 aliphatic rings. The van der Waals surface area contributed by atoms with Crippen LogP contribution in [0.2, 0.25) is 0 Å². The zero-order valence-electron chi connectivity index (χ0n) is 13.3. The van der Waals surface area contributed by atoms with Crippen molar-refractivity contribution in [3.8, 4) is 0 Å². The molecule has 0 aromatic heterocycles. The van der Waals surface area contributed by atoms with E-state index in [9.17, 15) is 13.3 Å². The van der Waals surface area contributed by atoms with Gasteiger partial charge in [0.1, 0.15) is 0 Å². The molecular weight excluding hydrogens is 425 g/mol. The van der Waals surface area contributed by atoms with Gasteiger partial charge in [0.05, 0.1) is 0 Å². The van der Waals surface area contributed by atoms with Crippen LogP contribution in [-0.2, 0) is 10.2 Å².